The summed E-state index contributed by atoms with van der Waals surface area (Å²) >= 11 is 0. The number of nitrogens with one attached hydrogen (secondary N) is 1. The van der Waals surface area contributed by atoms with Gasteiger partial charge in [-0.25, -0.2) is 0 Å². The Morgan fingerprint density at radius 2 is 1.74 bits per heavy atom. The highest BCUT2D eigenvalue weighted by Crippen LogP contribution is 2.34. The molecule has 0 saturated heterocycles. The molecule has 0 aliphatic rings. The van der Waals surface area contributed by atoms with Crippen molar-refractivity contribution in [2.24, 2.45) is 0 Å². The van der Waals surface area contributed by atoms with E-state index in [9.17, 15) is 4.79 Å². The molecule has 0 aliphatic heterocycles. The molecule has 3 aromatic heterocycles. The van der Waals surface area contributed by atoms with Crippen molar-refractivity contribution < 1.29 is 4.79 Å². The summed E-state index contributed by atoms with van der Waals surface area (Å²) in [5, 5.41) is 8.82. The lowest BCUT2D eigenvalue weighted by Gasteiger charge is -2.07. The van der Waals surface area contributed by atoms with Gasteiger partial charge in [-0.15, -0.1) is 0 Å². The Morgan fingerprint density at radius 3 is 2.59 bits per heavy atom. The van der Waals surface area contributed by atoms with Crippen LogP contribution in [0.25, 0.3) is 33.4 Å². The second kappa shape index (κ2) is 9.67. The zero-order chi connectivity index (χ0) is 23.3. The van der Waals surface area contributed by atoms with Crippen LogP contribution >= 0.6 is 0 Å². The summed E-state index contributed by atoms with van der Waals surface area (Å²) in [6.45, 7) is 2.69. The van der Waals surface area contributed by atoms with Crippen LogP contribution < -0.4 is 5.32 Å². The second-order valence-corrected chi connectivity index (χ2v) is 8.09. The summed E-state index contributed by atoms with van der Waals surface area (Å²) in [6, 6.07) is 25.9. The minimum absolute atomic E-state index is 0.0979. The summed E-state index contributed by atoms with van der Waals surface area (Å²) in [4.78, 5) is 22.0. The summed E-state index contributed by atoms with van der Waals surface area (Å²) in [5.74, 6) is -0.0979. The maximum absolute atomic E-state index is 12.7. The van der Waals surface area contributed by atoms with Gasteiger partial charge >= 0.3 is 0 Å². The van der Waals surface area contributed by atoms with Crippen molar-refractivity contribution in [2.45, 2.75) is 26.4 Å². The van der Waals surface area contributed by atoms with Gasteiger partial charge in [-0.05, 0) is 41.8 Å². The molecule has 34 heavy (non-hydrogen) atoms. The summed E-state index contributed by atoms with van der Waals surface area (Å²) in [5.41, 5.74) is 6.45. The van der Waals surface area contributed by atoms with Crippen molar-refractivity contribution in [1.29, 1.82) is 0 Å². The number of fused-ring (bicyclic) bond motifs is 1. The van der Waals surface area contributed by atoms with Crippen LogP contribution in [0, 0.1) is 0 Å². The van der Waals surface area contributed by atoms with Gasteiger partial charge < -0.3 is 5.32 Å². The first-order valence-corrected chi connectivity index (χ1v) is 11.4. The van der Waals surface area contributed by atoms with Crippen molar-refractivity contribution in [3.05, 3.63) is 103 Å². The molecule has 168 valence electrons. The highest BCUT2D eigenvalue weighted by molar-refractivity contribution is 5.97. The van der Waals surface area contributed by atoms with Crippen LogP contribution in [0.1, 0.15) is 18.2 Å². The van der Waals surface area contributed by atoms with E-state index in [1.54, 1.807) is 10.9 Å². The van der Waals surface area contributed by atoms with Gasteiger partial charge in [0.25, 0.3) is 0 Å². The molecule has 6 nitrogen and oxygen atoms in total. The molecule has 0 saturated carbocycles. The van der Waals surface area contributed by atoms with Crippen molar-refractivity contribution in [1.82, 2.24) is 25.1 Å². The van der Waals surface area contributed by atoms with E-state index in [0.29, 0.717) is 6.54 Å². The van der Waals surface area contributed by atoms with E-state index >= 15 is 0 Å². The van der Waals surface area contributed by atoms with Crippen molar-refractivity contribution in [2.75, 3.05) is 0 Å². The van der Waals surface area contributed by atoms with E-state index in [4.69, 9.17) is 10.1 Å². The Balaban J connectivity index is 1.51. The number of aryl methyl sites for hydroxylation is 1. The number of hydrogen-bond acceptors (Lipinski definition) is 4. The second-order valence-electron chi connectivity index (χ2n) is 8.09. The smallest absolute Gasteiger partial charge is 0.241 e. The number of nitrogens with zero attached hydrogens (tertiary/aromatic N) is 4. The normalized spacial score (nSPS) is 11.0. The molecule has 1 amide bonds. The topological polar surface area (TPSA) is 72.7 Å². The first kappa shape index (κ1) is 21.5. The van der Waals surface area contributed by atoms with Gasteiger partial charge in [0.1, 0.15) is 12.2 Å². The number of pyridine rings is 2. The molecule has 0 atom stereocenters. The Bertz CT molecular complexity index is 1440. The molecule has 0 bridgehead atoms. The van der Waals surface area contributed by atoms with Gasteiger partial charge in [0.05, 0.1) is 11.2 Å². The van der Waals surface area contributed by atoms with E-state index in [-0.39, 0.29) is 12.5 Å². The highest BCUT2D eigenvalue weighted by Gasteiger charge is 2.18. The number of carbonyl (C=O) groups is 1. The number of rotatable bonds is 7. The highest BCUT2D eigenvalue weighted by atomic mass is 16.2. The van der Waals surface area contributed by atoms with Crippen LogP contribution in [0.3, 0.4) is 0 Å². The van der Waals surface area contributed by atoms with Crippen LogP contribution in [0.2, 0.25) is 0 Å². The summed E-state index contributed by atoms with van der Waals surface area (Å²) < 4.78 is 1.69. The average molecular weight is 448 g/mol. The van der Waals surface area contributed by atoms with Gasteiger partial charge in [0, 0.05) is 35.6 Å². The third kappa shape index (κ3) is 4.57. The number of benzene rings is 2. The zero-order valence-electron chi connectivity index (χ0n) is 19.0. The lowest BCUT2D eigenvalue weighted by Crippen LogP contribution is -2.27. The number of aromatic nitrogens is 4. The molecule has 0 unspecified atom stereocenters. The van der Waals surface area contributed by atoms with Gasteiger partial charge in [-0.3, -0.25) is 19.4 Å². The predicted molar refractivity (Wildman–Crippen MR) is 134 cm³/mol. The van der Waals surface area contributed by atoms with Gasteiger partial charge in [-0.2, -0.15) is 5.10 Å². The number of amides is 1. The quantitative estimate of drug-likeness (QED) is 0.379. The predicted octanol–water partition coefficient (Wildman–Crippen LogP) is 5.04. The van der Waals surface area contributed by atoms with Crippen molar-refractivity contribution >= 4 is 16.8 Å². The first-order chi connectivity index (χ1) is 16.7. The minimum atomic E-state index is -0.0979. The number of para-hydroxylation sites is 1. The summed E-state index contributed by atoms with van der Waals surface area (Å²) in [7, 11) is 0. The molecule has 0 aliphatic carbocycles. The number of carbonyl (C=O) groups excluding carboxylic acids is 1. The molecule has 0 radical (unpaired) electrons. The average Bonchev–Trinajstić information content (AvgIpc) is 3.31. The SMILES string of the molecule is CCc1cccc(-c2nn(CC(=O)NCc3ccccc3)cc2-c2ccnc3ccccc23)n1. The fourth-order valence-corrected chi connectivity index (χ4v) is 4.03. The van der Waals surface area contributed by atoms with E-state index in [1.165, 1.54) is 0 Å². The lowest BCUT2D eigenvalue weighted by molar-refractivity contribution is -0.122. The molecule has 0 spiro atoms. The summed E-state index contributed by atoms with van der Waals surface area (Å²) in [6.07, 6.45) is 4.57. The molecular formula is C28H25N5O. The van der Waals surface area contributed by atoms with E-state index in [1.807, 2.05) is 79.0 Å². The molecule has 1 N–H and O–H groups in total. The van der Waals surface area contributed by atoms with Gasteiger partial charge in [0.2, 0.25) is 5.91 Å². The Morgan fingerprint density at radius 1 is 0.912 bits per heavy atom. The van der Waals surface area contributed by atoms with Gasteiger partial charge in [0.15, 0.2) is 0 Å². The molecular weight excluding hydrogens is 422 g/mol. The molecule has 5 rings (SSSR count). The van der Waals surface area contributed by atoms with Crippen molar-refractivity contribution in [3.8, 4) is 22.5 Å². The van der Waals surface area contributed by atoms with Gasteiger partial charge in [-0.1, -0.05) is 61.5 Å². The fraction of sp³-hybridized carbons (Fsp3) is 0.143. The Hall–Kier alpha value is -4.32. The standard InChI is InChI=1S/C28H25N5O/c1-2-21-11-8-14-26(31-21)28-24(22-15-16-29-25-13-7-6-12-23(22)25)18-33(32-28)19-27(34)30-17-20-9-4-3-5-10-20/h3-16,18H,2,17,19H2,1H3,(H,30,34). The van der Waals surface area contributed by atoms with Crippen LogP contribution in [0.5, 0.6) is 0 Å². The molecule has 3 heterocycles. The Kier molecular flexibility index (Phi) is 6.12. The van der Waals surface area contributed by atoms with Crippen LogP contribution in [0.15, 0.2) is 91.3 Å². The van der Waals surface area contributed by atoms with E-state index < -0.39 is 0 Å². The fourth-order valence-electron chi connectivity index (χ4n) is 4.03. The van der Waals surface area contributed by atoms with Crippen molar-refractivity contribution in [3.63, 3.8) is 0 Å². The Labute approximate surface area is 198 Å². The van der Waals surface area contributed by atoms with Crippen LogP contribution in [0.4, 0.5) is 0 Å². The molecule has 0 fully saturated rings. The third-order valence-corrected chi connectivity index (χ3v) is 5.75. The van der Waals surface area contributed by atoms with E-state index in [2.05, 4.69) is 23.3 Å². The minimum Gasteiger partial charge on any atom is -0.350 e. The first-order valence-electron chi connectivity index (χ1n) is 11.4. The molecule has 2 aromatic carbocycles. The van der Waals surface area contributed by atoms with Crippen LogP contribution in [-0.4, -0.2) is 25.7 Å². The molecule has 6 heteroatoms. The largest absolute Gasteiger partial charge is 0.350 e. The lowest BCUT2D eigenvalue weighted by atomic mass is 10.0. The third-order valence-electron chi connectivity index (χ3n) is 5.75. The maximum Gasteiger partial charge on any atom is 0.241 e. The van der Waals surface area contributed by atoms with E-state index in [0.717, 1.165) is 51.1 Å². The maximum atomic E-state index is 12.7. The monoisotopic (exact) mass is 447 g/mol. The van der Waals surface area contributed by atoms with Crippen LogP contribution in [-0.2, 0) is 24.3 Å². The number of hydrogen-bond donors (Lipinski definition) is 1. The zero-order valence-corrected chi connectivity index (χ0v) is 19.0. The molecule has 5 aromatic rings.